The number of aryl methyl sites for hydroxylation is 1. The summed E-state index contributed by atoms with van der Waals surface area (Å²) in [5.41, 5.74) is 0. The Bertz CT molecular complexity index is 734. The number of thioether (sulfide) groups is 1. The monoisotopic (exact) mass is 319 g/mol. The zero-order valence-electron chi connectivity index (χ0n) is 12.0. The van der Waals surface area contributed by atoms with E-state index in [4.69, 9.17) is 0 Å². The highest BCUT2D eigenvalue weighted by molar-refractivity contribution is 7.98. The quantitative estimate of drug-likeness (QED) is 0.704. The number of nitrogens with zero attached hydrogens (tertiary/aromatic N) is 4. The average molecular weight is 319 g/mol. The van der Waals surface area contributed by atoms with Crippen molar-refractivity contribution in [3.05, 3.63) is 29.7 Å². The molecule has 0 atom stereocenters. The van der Waals surface area contributed by atoms with Gasteiger partial charge in [-0.05, 0) is 17.9 Å². The van der Waals surface area contributed by atoms with Crippen molar-refractivity contribution in [3.8, 4) is 0 Å². The van der Waals surface area contributed by atoms with Crippen molar-refractivity contribution in [2.24, 2.45) is 7.05 Å². The molecule has 0 saturated carbocycles. The first-order valence-electron chi connectivity index (χ1n) is 6.85. The molecule has 0 saturated heterocycles. The van der Waals surface area contributed by atoms with Crippen LogP contribution in [0.2, 0.25) is 0 Å². The summed E-state index contributed by atoms with van der Waals surface area (Å²) in [6, 6.07) is 2.08. The Morgan fingerprint density at radius 1 is 1.38 bits per heavy atom. The highest BCUT2D eigenvalue weighted by Gasteiger charge is 2.09. The van der Waals surface area contributed by atoms with Crippen molar-refractivity contribution in [1.29, 1.82) is 0 Å². The van der Waals surface area contributed by atoms with Crippen LogP contribution in [0.5, 0.6) is 0 Å². The van der Waals surface area contributed by atoms with Crippen LogP contribution in [-0.2, 0) is 12.8 Å². The van der Waals surface area contributed by atoms with E-state index in [0.29, 0.717) is 0 Å². The highest BCUT2D eigenvalue weighted by atomic mass is 32.2. The van der Waals surface area contributed by atoms with Crippen LogP contribution in [0.15, 0.2) is 28.7 Å². The third kappa shape index (κ3) is 3.36. The number of thiophene rings is 1. The molecule has 3 rings (SSSR count). The molecule has 110 valence electrons. The van der Waals surface area contributed by atoms with Gasteiger partial charge in [0.25, 0.3) is 0 Å². The lowest BCUT2D eigenvalue weighted by Crippen LogP contribution is -2.05. The molecule has 3 heterocycles. The van der Waals surface area contributed by atoms with Crippen molar-refractivity contribution in [3.63, 3.8) is 0 Å². The first kappa shape index (κ1) is 14.3. The Labute approximate surface area is 131 Å². The first-order chi connectivity index (χ1) is 10.3. The number of nitrogens with one attached hydrogen (secondary N) is 1. The third-order valence-electron chi connectivity index (χ3n) is 2.96. The molecule has 0 aliphatic rings. The summed E-state index contributed by atoms with van der Waals surface area (Å²) in [6.07, 6.45) is 4.95. The predicted molar refractivity (Wildman–Crippen MR) is 89.0 cm³/mol. The van der Waals surface area contributed by atoms with Crippen molar-refractivity contribution in [1.82, 2.24) is 19.7 Å². The number of rotatable bonds is 6. The van der Waals surface area contributed by atoms with Crippen LogP contribution in [0.3, 0.4) is 0 Å². The summed E-state index contributed by atoms with van der Waals surface area (Å²) in [5, 5.41) is 10.7. The average Bonchev–Trinajstić information content (AvgIpc) is 3.11. The van der Waals surface area contributed by atoms with Gasteiger partial charge < -0.3 is 5.32 Å². The molecule has 0 radical (unpaired) electrons. The van der Waals surface area contributed by atoms with E-state index in [9.17, 15) is 0 Å². The van der Waals surface area contributed by atoms with Gasteiger partial charge in [0.1, 0.15) is 16.5 Å². The number of hydrogen-bond acceptors (Lipinski definition) is 6. The third-order valence-corrected chi connectivity index (χ3v) is 4.72. The molecule has 0 aliphatic carbocycles. The van der Waals surface area contributed by atoms with Gasteiger partial charge in [0.15, 0.2) is 0 Å². The van der Waals surface area contributed by atoms with E-state index in [-0.39, 0.29) is 0 Å². The van der Waals surface area contributed by atoms with Crippen molar-refractivity contribution >= 4 is 39.1 Å². The molecule has 0 amide bonds. The van der Waals surface area contributed by atoms with Crippen LogP contribution in [-0.4, -0.2) is 26.3 Å². The van der Waals surface area contributed by atoms with Gasteiger partial charge in [-0.15, -0.1) is 23.1 Å². The van der Waals surface area contributed by atoms with E-state index < -0.39 is 0 Å². The van der Waals surface area contributed by atoms with E-state index in [1.165, 1.54) is 0 Å². The van der Waals surface area contributed by atoms with E-state index in [0.717, 1.165) is 45.5 Å². The summed E-state index contributed by atoms with van der Waals surface area (Å²) in [4.78, 5) is 11.5. The minimum Gasteiger partial charge on any atom is -0.369 e. The second-order valence-corrected chi connectivity index (χ2v) is 6.64. The van der Waals surface area contributed by atoms with Gasteiger partial charge in [-0.3, -0.25) is 4.68 Å². The number of anilines is 1. The first-order valence-corrected chi connectivity index (χ1v) is 8.72. The summed E-state index contributed by atoms with van der Waals surface area (Å²) < 4.78 is 1.81. The molecule has 0 unspecified atom stereocenters. The summed E-state index contributed by atoms with van der Waals surface area (Å²) in [5.74, 6) is 2.56. The van der Waals surface area contributed by atoms with Gasteiger partial charge in [-0.1, -0.05) is 6.92 Å². The molecular formula is C14H17N5S2. The maximum atomic E-state index is 4.67. The highest BCUT2D eigenvalue weighted by Crippen LogP contribution is 2.27. The van der Waals surface area contributed by atoms with Crippen LogP contribution < -0.4 is 5.32 Å². The Morgan fingerprint density at radius 3 is 3.05 bits per heavy atom. The molecule has 3 aromatic rings. The zero-order valence-corrected chi connectivity index (χ0v) is 13.7. The molecule has 0 aliphatic heterocycles. The molecule has 0 spiro atoms. The maximum Gasteiger partial charge on any atom is 0.142 e. The molecule has 0 bridgehead atoms. The summed E-state index contributed by atoms with van der Waals surface area (Å²) in [7, 11) is 1.92. The fourth-order valence-corrected chi connectivity index (χ4v) is 3.52. The summed E-state index contributed by atoms with van der Waals surface area (Å²) >= 11 is 3.36. The van der Waals surface area contributed by atoms with Gasteiger partial charge in [0, 0.05) is 24.7 Å². The predicted octanol–water partition coefficient (Wildman–Crippen LogP) is 3.54. The van der Waals surface area contributed by atoms with E-state index in [1.807, 2.05) is 19.4 Å². The van der Waals surface area contributed by atoms with E-state index >= 15 is 0 Å². The second kappa shape index (κ2) is 6.44. The van der Waals surface area contributed by atoms with Crippen LogP contribution >= 0.6 is 23.1 Å². The summed E-state index contributed by atoms with van der Waals surface area (Å²) in [6.45, 7) is 3.08. The molecule has 5 nitrogen and oxygen atoms in total. The smallest absolute Gasteiger partial charge is 0.142 e. The zero-order chi connectivity index (χ0) is 14.7. The molecule has 0 aromatic carbocycles. The Kier molecular flexibility index (Phi) is 4.40. The Morgan fingerprint density at radius 2 is 2.29 bits per heavy atom. The SMILES string of the molecule is CCCNc1nc(CSc2cnn(C)c2)nc2sccc12. The Hall–Kier alpha value is -1.60. The standard InChI is InChI=1S/C14H17N5S2/c1-3-5-15-13-11-4-6-20-14(11)18-12(17-13)9-21-10-7-16-19(2)8-10/h4,6-8H,3,5,9H2,1-2H3,(H,15,17,18). The minimum atomic E-state index is 0.750. The Balaban J connectivity index is 1.80. The van der Waals surface area contributed by atoms with Gasteiger partial charge in [0.2, 0.25) is 0 Å². The van der Waals surface area contributed by atoms with Crippen LogP contribution in [0, 0.1) is 0 Å². The lowest BCUT2D eigenvalue weighted by molar-refractivity contribution is 0.766. The normalized spacial score (nSPS) is 11.1. The maximum absolute atomic E-state index is 4.67. The van der Waals surface area contributed by atoms with Crippen LogP contribution in [0.4, 0.5) is 5.82 Å². The molecule has 7 heteroatoms. The molecule has 21 heavy (non-hydrogen) atoms. The molecule has 1 N–H and O–H groups in total. The van der Waals surface area contributed by atoms with Gasteiger partial charge in [0.05, 0.1) is 17.3 Å². The fourth-order valence-electron chi connectivity index (χ4n) is 1.96. The van der Waals surface area contributed by atoms with Gasteiger partial charge in [-0.25, -0.2) is 9.97 Å². The lowest BCUT2D eigenvalue weighted by atomic mass is 10.3. The largest absolute Gasteiger partial charge is 0.369 e. The second-order valence-electron chi connectivity index (χ2n) is 4.69. The fraction of sp³-hybridized carbons (Fsp3) is 0.357. The minimum absolute atomic E-state index is 0.750. The van der Waals surface area contributed by atoms with Crippen LogP contribution in [0.25, 0.3) is 10.2 Å². The van der Waals surface area contributed by atoms with Crippen molar-refractivity contribution < 1.29 is 0 Å². The van der Waals surface area contributed by atoms with E-state index in [1.54, 1.807) is 27.8 Å². The van der Waals surface area contributed by atoms with Gasteiger partial charge >= 0.3 is 0 Å². The van der Waals surface area contributed by atoms with Crippen LogP contribution in [0.1, 0.15) is 19.2 Å². The number of hydrogen-bond donors (Lipinski definition) is 1. The van der Waals surface area contributed by atoms with Crippen molar-refractivity contribution in [2.75, 3.05) is 11.9 Å². The molecule has 3 aromatic heterocycles. The molecular weight excluding hydrogens is 302 g/mol. The van der Waals surface area contributed by atoms with Crippen molar-refractivity contribution in [2.45, 2.75) is 24.0 Å². The van der Waals surface area contributed by atoms with E-state index in [2.05, 4.69) is 38.8 Å². The van der Waals surface area contributed by atoms with Gasteiger partial charge in [-0.2, -0.15) is 5.10 Å². The topological polar surface area (TPSA) is 55.6 Å². The number of fused-ring (bicyclic) bond motifs is 1. The number of aromatic nitrogens is 4. The lowest BCUT2D eigenvalue weighted by Gasteiger charge is -2.07. The molecule has 0 fully saturated rings.